The summed E-state index contributed by atoms with van der Waals surface area (Å²) >= 11 is 6.01. The van der Waals surface area contributed by atoms with E-state index in [1.54, 1.807) is 0 Å². The summed E-state index contributed by atoms with van der Waals surface area (Å²) < 4.78 is 5.92. The molecule has 0 fully saturated rings. The van der Waals surface area contributed by atoms with Crippen LogP contribution in [0.25, 0.3) is 0 Å². The fourth-order valence-corrected chi connectivity index (χ4v) is 2.53. The van der Waals surface area contributed by atoms with Gasteiger partial charge in [-0.25, -0.2) is 0 Å². The Bertz CT molecular complexity index is 663. The molecule has 0 N–H and O–H groups in total. The van der Waals surface area contributed by atoms with Crippen molar-refractivity contribution in [3.63, 3.8) is 0 Å². The maximum Gasteiger partial charge on any atom is 0.125 e. The van der Waals surface area contributed by atoms with Crippen molar-refractivity contribution in [3.8, 4) is 11.8 Å². The summed E-state index contributed by atoms with van der Waals surface area (Å²) in [6, 6.07) is 11.6. The van der Waals surface area contributed by atoms with E-state index in [0.717, 1.165) is 33.0 Å². The van der Waals surface area contributed by atoms with Crippen molar-refractivity contribution >= 4 is 11.6 Å². The molecule has 2 aromatic rings. The van der Waals surface area contributed by atoms with Crippen LogP contribution in [0.5, 0.6) is 5.75 Å². The first-order chi connectivity index (χ1) is 9.51. The second-order valence-corrected chi connectivity index (χ2v) is 5.35. The van der Waals surface area contributed by atoms with Gasteiger partial charge in [-0.2, -0.15) is 5.26 Å². The van der Waals surface area contributed by atoms with Crippen molar-refractivity contribution in [2.24, 2.45) is 0 Å². The van der Waals surface area contributed by atoms with Crippen LogP contribution in [0.1, 0.15) is 27.8 Å². The number of hydrogen-bond acceptors (Lipinski definition) is 2. The molecule has 0 saturated carbocycles. The Hall–Kier alpha value is -1.98. The first-order valence-electron chi connectivity index (χ1n) is 6.40. The van der Waals surface area contributed by atoms with Gasteiger partial charge < -0.3 is 4.74 Å². The third kappa shape index (κ3) is 3.12. The average Bonchev–Trinajstić information content (AvgIpc) is 2.39. The minimum absolute atomic E-state index is 0.487. The van der Waals surface area contributed by atoms with Gasteiger partial charge in [-0.05, 0) is 67.3 Å². The Morgan fingerprint density at radius 2 is 1.70 bits per heavy atom. The Kier molecular flexibility index (Phi) is 4.32. The fraction of sp³-hybridized carbons (Fsp3) is 0.235. The maximum absolute atomic E-state index is 8.87. The van der Waals surface area contributed by atoms with Crippen molar-refractivity contribution in [2.45, 2.75) is 27.4 Å². The third-order valence-electron chi connectivity index (χ3n) is 3.27. The van der Waals surface area contributed by atoms with Crippen molar-refractivity contribution in [1.29, 1.82) is 5.26 Å². The van der Waals surface area contributed by atoms with Crippen molar-refractivity contribution in [2.75, 3.05) is 0 Å². The molecule has 0 unspecified atom stereocenters. The lowest BCUT2D eigenvalue weighted by atomic mass is 10.1. The zero-order valence-corrected chi connectivity index (χ0v) is 12.6. The maximum atomic E-state index is 8.87. The molecule has 0 heterocycles. The standard InChI is InChI=1S/C17H16ClNO/c1-11-6-14(9-19)4-5-15(11)10-20-17-12(2)7-16(18)8-13(17)3/h4-8H,10H2,1-3H3. The van der Waals surface area contributed by atoms with E-state index in [9.17, 15) is 0 Å². The predicted octanol–water partition coefficient (Wildman–Crippen LogP) is 4.72. The molecule has 0 aliphatic rings. The highest BCUT2D eigenvalue weighted by Gasteiger charge is 2.07. The van der Waals surface area contributed by atoms with Crippen molar-refractivity contribution < 1.29 is 4.74 Å². The number of ether oxygens (including phenoxy) is 1. The van der Waals surface area contributed by atoms with Crippen LogP contribution < -0.4 is 4.74 Å². The van der Waals surface area contributed by atoms with E-state index in [1.165, 1.54) is 0 Å². The van der Waals surface area contributed by atoms with Gasteiger partial charge in [-0.1, -0.05) is 17.7 Å². The number of hydrogen-bond donors (Lipinski definition) is 0. The number of nitrogens with zero attached hydrogens (tertiary/aromatic N) is 1. The number of halogens is 1. The largest absolute Gasteiger partial charge is 0.488 e. The molecule has 0 atom stereocenters. The van der Waals surface area contributed by atoms with E-state index in [-0.39, 0.29) is 0 Å². The van der Waals surface area contributed by atoms with Gasteiger partial charge in [0.2, 0.25) is 0 Å². The van der Waals surface area contributed by atoms with Gasteiger partial charge in [-0.3, -0.25) is 0 Å². The Morgan fingerprint density at radius 1 is 1.05 bits per heavy atom. The van der Waals surface area contributed by atoms with Crippen LogP contribution in [0.15, 0.2) is 30.3 Å². The molecule has 2 aromatic carbocycles. The molecule has 0 saturated heterocycles. The van der Waals surface area contributed by atoms with Crippen LogP contribution in [0.4, 0.5) is 0 Å². The molecule has 102 valence electrons. The fourth-order valence-electron chi connectivity index (χ4n) is 2.20. The third-order valence-corrected chi connectivity index (χ3v) is 3.49. The summed E-state index contributed by atoms with van der Waals surface area (Å²) in [5, 5.41) is 9.59. The molecule has 20 heavy (non-hydrogen) atoms. The Morgan fingerprint density at radius 3 is 2.25 bits per heavy atom. The number of nitriles is 1. The minimum Gasteiger partial charge on any atom is -0.488 e. The van der Waals surface area contributed by atoms with Crippen LogP contribution in [0, 0.1) is 32.1 Å². The highest BCUT2D eigenvalue weighted by Crippen LogP contribution is 2.28. The van der Waals surface area contributed by atoms with Gasteiger partial charge in [-0.15, -0.1) is 0 Å². The summed E-state index contributed by atoms with van der Waals surface area (Å²) in [7, 11) is 0. The first kappa shape index (κ1) is 14.4. The molecule has 0 aliphatic heterocycles. The molecule has 2 rings (SSSR count). The zero-order chi connectivity index (χ0) is 14.7. The molecule has 3 heteroatoms. The Labute approximate surface area is 124 Å². The lowest BCUT2D eigenvalue weighted by Gasteiger charge is -2.14. The van der Waals surface area contributed by atoms with Crippen LogP contribution in [0.2, 0.25) is 5.02 Å². The highest BCUT2D eigenvalue weighted by atomic mass is 35.5. The second kappa shape index (κ2) is 5.98. The van der Waals surface area contributed by atoms with E-state index in [1.807, 2.05) is 51.1 Å². The van der Waals surface area contributed by atoms with E-state index in [4.69, 9.17) is 21.6 Å². The predicted molar refractivity (Wildman–Crippen MR) is 81.2 cm³/mol. The van der Waals surface area contributed by atoms with Gasteiger partial charge in [0, 0.05) is 5.02 Å². The monoisotopic (exact) mass is 285 g/mol. The molecular formula is C17H16ClNO. The smallest absolute Gasteiger partial charge is 0.125 e. The quantitative estimate of drug-likeness (QED) is 0.818. The number of benzene rings is 2. The molecule has 0 bridgehead atoms. The Balaban J connectivity index is 2.20. The lowest BCUT2D eigenvalue weighted by molar-refractivity contribution is 0.301. The minimum atomic E-state index is 0.487. The number of rotatable bonds is 3. The van der Waals surface area contributed by atoms with Crippen LogP contribution in [-0.4, -0.2) is 0 Å². The van der Waals surface area contributed by atoms with Crippen molar-refractivity contribution in [1.82, 2.24) is 0 Å². The number of aryl methyl sites for hydroxylation is 3. The van der Waals surface area contributed by atoms with Gasteiger partial charge in [0.15, 0.2) is 0 Å². The van der Waals surface area contributed by atoms with Gasteiger partial charge >= 0.3 is 0 Å². The van der Waals surface area contributed by atoms with E-state index < -0.39 is 0 Å². The van der Waals surface area contributed by atoms with Crippen LogP contribution in [0.3, 0.4) is 0 Å². The average molecular weight is 286 g/mol. The summed E-state index contributed by atoms with van der Waals surface area (Å²) in [6.07, 6.45) is 0. The SMILES string of the molecule is Cc1cc(C#N)ccc1COc1c(C)cc(Cl)cc1C. The molecule has 0 aromatic heterocycles. The molecule has 0 radical (unpaired) electrons. The van der Waals surface area contributed by atoms with Crippen LogP contribution >= 0.6 is 11.6 Å². The normalized spacial score (nSPS) is 10.2. The van der Waals surface area contributed by atoms with Crippen LogP contribution in [-0.2, 0) is 6.61 Å². The highest BCUT2D eigenvalue weighted by molar-refractivity contribution is 6.30. The van der Waals surface area contributed by atoms with E-state index >= 15 is 0 Å². The van der Waals surface area contributed by atoms with Gasteiger partial charge in [0.05, 0.1) is 11.6 Å². The second-order valence-electron chi connectivity index (χ2n) is 4.91. The zero-order valence-electron chi connectivity index (χ0n) is 11.8. The summed E-state index contributed by atoms with van der Waals surface area (Å²) in [6.45, 7) is 6.45. The van der Waals surface area contributed by atoms with Gasteiger partial charge in [0.25, 0.3) is 0 Å². The summed E-state index contributed by atoms with van der Waals surface area (Å²) in [5.41, 5.74) is 4.87. The van der Waals surface area contributed by atoms with E-state index in [2.05, 4.69) is 6.07 Å². The molecule has 0 spiro atoms. The molecule has 0 amide bonds. The first-order valence-corrected chi connectivity index (χ1v) is 6.78. The lowest BCUT2D eigenvalue weighted by Crippen LogP contribution is -2.01. The van der Waals surface area contributed by atoms with Gasteiger partial charge in [0.1, 0.15) is 12.4 Å². The topological polar surface area (TPSA) is 33.0 Å². The molecular weight excluding hydrogens is 270 g/mol. The summed E-state index contributed by atoms with van der Waals surface area (Å²) in [5.74, 6) is 0.873. The van der Waals surface area contributed by atoms with E-state index in [0.29, 0.717) is 12.2 Å². The summed E-state index contributed by atoms with van der Waals surface area (Å²) in [4.78, 5) is 0. The van der Waals surface area contributed by atoms with Crippen molar-refractivity contribution in [3.05, 3.63) is 63.2 Å². The molecule has 2 nitrogen and oxygen atoms in total. The molecule has 0 aliphatic carbocycles.